The first-order valence-corrected chi connectivity index (χ1v) is 5.83. The lowest BCUT2D eigenvalue weighted by Gasteiger charge is -2.27. The van der Waals surface area contributed by atoms with Gasteiger partial charge in [-0.1, -0.05) is 6.92 Å². The molecule has 1 fully saturated rings. The normalized spacial score (nSPS) is 27.9. The van der Waals surface area contributed by atoms with Crippen LogP contribution in [0.5, 0.6) is 0 Å². The van der Waals surface area contributed by atoms with Gasteiger partial charge in [0.1, 0.15) is 17.9 Å². The van der Waals surface area contributed by atoms with E-state index >= 15 is 0 Å². The van der Waals surface area contributed by atoms with Crippen LogP contribution in [0.3, 0.4) is 0 Å². The van der Waals surface area contributed by atoms with E-state index < -0.39 is 27.5 Å². The van der Waals surface area contributed by atoms with Crippen molar-refractivity contribution in [2.45, 2.75) is 18.9 Å². The van der Waals surface area contributed by atoms with Crippen LogP contribution in [0.25, 0.3) is 0 Å². The summed E-state index contributed by atoms with van der Waals surface area (Å²) in [6.07, 6.45) is -0.514. The molecule has 1 atom stereocenters. The summed E-state index contributed by atoms with van der Waals surface area (Å²) < 4.78 is 35.4. The van der Waals surface area contributed by atoms with Crippen molar-refractivity contribution in [3.63, 3.8) is 0 Å². The van der Waals surface area contributed by atoms with Gasteiger partial charge in [-0.3, -0.25) is 4.55 Å². The Hall–Kier alpha value is -0.530. The number of hydrogen-bond acceptors (Lipinski definition) is 4. The zero-order valence-corrected chi connectivity index (χ0v) is 9.01. The number of cyclic esters (lactones) is 1. The topological polar surface area (TPSA) is 83.9 Å². The molecule has 1 amide bonds. The minimum Gasteiger partial charge on any atom is -0.446 e. The zero-order chi connectivity index (χ0) is 11.0. The maximum absolute atomic E-state index is 10.9. The van der Waals surface area contributed by atoms with Gasteiger partial charge in [0.25, 0.3) is 10.1 Å². The zero-order valence-electron chi connectivity index (χ0n) is 7.43. The molecule has 1 N–H and O–H groups in total. The first-order chi connectivity index (χ1) is 6.31. The van der Waals surface area contributed by atoms with Gasteiger partial charge in [0.2, 0.25) is 0 Å². The number of ether oxygens (including phenoxy) is 1. The number of nitrogens with zero attached hydrogens (tertiary/aromatic N) is 1. The molecule has 6 nitrogen and oxygen atoms in total. The lowest BCUT2D eigenvalue weighted by molar-refractivity contribution is 0.169. The lowest BCUT2D eigenvalue weighted by atomic mass is 10.0. The average molecular weight is 244 g/mol. The highest BCUT2D eigenvalue weighted by molar-refractivity contribution is 7.85. The van der Waals surface area contributed by atoms with Gasteiger partial charge in [-0.05, 0) is 6.42 Å². The third kappa shape index (κ3) is 2.10. The molecule has 1 saturated heterocycles. The van der Waals surface area contributed by atoms with Crippen molar-refractivity contribution in [1.29, 1.82) is 0 Å². The van der Waals surface area contributed by atoms with E-state index in [9.17, 15) is 13.2 Å². The van der Waals surface area contributed by atoms with Crippen LogP contribution in [-0.2, 0) is 14.9 Å². The van der Waals surface area contributed by atoms with Crippen LogP contribution < -0.4 is 0 Å². The number of rotatable bonds is 3. The molecule has 0 aliphatic carbocycles. The predicted molar refractivity (Wildman–Crippen MR) is 48.5 cm³/mol. The molecule has 14 heavy (non-hydrogen) atoms. The molecule has 1 heterocycles. The Bertz CT molecular complexity index is 342. The molecule has 8 heteroatoms. The Labute approximate surface area is 86.6 Å². The molecule has 1 aliphatic rings. The van der Waals surface area contributed by atoms with Gasteiger partial charge in [0.05, 0.1) is 0 Å². The van der Waals surface area contributed by atoms with Gasteiger partial charge in [-0.25, -0.2) is 9.21 Å². The molecule has 0 aromatic heterocycles. The Kier molecular flexibility index (Phi) is 2.93. The first kappa shape index (κ1) is 11.5. The molecule has 1 rings (SSSR count). The van der Waals surface area contributed by atoms with Crippen LogP contribution in [-0.4, -0.2) is 41.4 Å². The number of carbonyl (C=O) groups is 1. The summed E-state index contributed by atoms with van der Waals surface area (Å²) in [7, 11) is -4.19. The van der Waals surface area contributed by atoms with Crippen molar-refractivity contribution in [3.05, 3.63) is 0 Å². The van der Waals surface area contributed by atoms with Crippen molar-refractivity contribution in [2.24, 2.45) is 0 Å². The van der Waals surface area contributed by atoms with E-state index in [-0.39, 0.29) is 13.0 Å². The number of hydrogen-bond donors (Lipinski definition) is 1. The fraction of sp³-hybridized carbons (Fsp3) is 0.833. The molecule has 0 aromatic rings. The maximum Gasteiger partial charge on any atom is 0.425 e. The van der Waals surface area contributed by atoms with Crippen LogP contribution in [0.1, 0.15) is 13.3 Å². The molecule has 82 valence electrons. The summed E-state index contributed by atoms with van der Waals surface area (Å²) in [5.41, 5.74) is -1.16. The smallest absolute Gasteiger partial charge is 0.425 e. The minimum atomic E-state index is -4.19. The molecule has 0 spiro atoms. The fourth-order valence-corrected chi connectivity index (χ4v) is 2.73. The van der Waals surface area contributed by atoms with Crippen LogP contribution in [0.4, 0.5) is 4.79 Å². The molecule has 0 bridgehead atoms. The van der Waals surface area contributed by atoms with Crippen LogP contribution in [0.15, 0.2) is 0 Å². The van der Waals surface area contributed by atoms with E-state index in [1.165, 1.54) is 0 Å². The van der Waals surface area contributed by atoms with Gasteiger partial charge < -0.3 is 4.74 Å². The van der Waals surface area contributed by atoms with Gasteiger partial charge >= 0.3 is 6.09 Å². The van der Waals surface area contributed by atoms with Crippen LogP contribution in [0.2, 0.25) is 0 Å². The van der Waals surface area contributed by atoms with Crippen LogP contribution in [0, 0.1) is 0 Å². The number of halogens is 1. The first-order valence-electron chi connectivity index (χ1n) is 3.89. The van der Waals surface area contributed by atoms with Gasteiger partial charge in [0.15, 0.2) is 0 Å². The fourth-order valence-electron chi connectivity index (χ4n) is 1.28. The van der Waals surface area contributed by atoms with E-state index in [1.54, 1.807) is 6.92 Å². The summed E-state index contributed by atoms with van der Waals surface area (Å²) in [4.78, 5) is 10.9. The standard InChI is InChI=1S/C6H10ClNO5S/c1-2-6(4-14(10,11)12)3-13-5(9)8(6)7/h2-4H2,1H3,(H,10,11,12). The van der Waals surface area contributed by atoms with Crippen LogP contribution >= 0.6 is 11.8 Å². The quantitative estimate of drug-likeness (QED) is 0.581. The van der Waals surface area contributed by atoms with Crippen molar-refractivity contribution < 1.29 is 22.5 Å². The molecular weight excluding hydrogens is 234 g/mol. The molecule has 0 saturated carbocycles. The molecule has 1 unspecified atom stereocenters. The summed E-state index contributed by atoms with van der Waals surface area (Å²) in [6, 6.07) is 0. The summed E-state index contributed by atoms with van der Waals surface area (Å²) >= 11 is 5.57. The summed E-state index contributed by atoms with van der Waals surface area (Å²) in [6.45, 7) is 1.52. The molecule has 0 radical (unpaired) electrons. The Morgan fingerprint density at radius 2 is 2.29 bits per heavy atom. The second kappa shape index (κ2) is 3.56. The highest BCUT2D eigenvalue weighted by Crippen LogP contribution is 2.30. The molecule has 0 aromatic carbocycles. The summed E-state index contributed by atoms with van der Waals surface area (Å²) in [5.74, 6) is -0.619. The van der Waals surface area contributed by atoms with Crippen molar-refractivity contribution in [1.82, 2.24) is 4.42 Å². The second-order valence-corrected chi connectivity index (χ2v) is 4.93. The highest BCUT2D eigenvalue weighted by Gasteiger charge is 2.48. The third-order valence-corrected chi connectivity index (χ3v) is 3.55. The Balaban J connectivity index is 2.94. The minimum absolute atomic E-state index is 0.133. The predicted octanol–water partition coefficient (Wildman–Crippen LogP) is 0.629. The molecular formula is C6H10ClNO5S. The van der Waals surface area contributed by atoms with E-state index in [2.05, 4.69) is 4.74 Å². The van der Waals surface area contributed by atoms with Crippen molar-refractivity contribution in [2.75, 3.05) is 12.4 Å². The van der Waals surface area contributed by atoms with E-state index in [1.807, 2.05) is 0 Å². The number of amides is 1. The van der Waals surface area contributed by atoms with Gasteiger partial charge in [-0.2, -0.15) is 8.42 Å². The number of carbonyl (C=O) groups excluding carboxylic acids is 1. The maximum atomic E-state index is 10.9. The molecule has 1 aliphatic heterocycles. The van der Waals surface area contributed by atoms with E-state index in [0.29, 0.717) is 4.42 Å². The largest absolute Gasteiger partial charge is 0.446 e. The van der Waals surface area contributed by atoms with E-state index in [4.69, 9.17) is 16.3 Å². The lowest BCUT2D eigenvalue weighted by Crippen LogP contribution is -2.47. The third-order valence-electron chi connectivity index (χ3n) is 2.15. The van der Waals surface area contributed by atoms with Gasteiger partial charge in [0, 0.05) is 11.8 Å². The summed E-state index contributed by atoms with van der Waals surface area (Å²) in [5, 5.41) is 0. The SMILES string of the molecule is CCC1(CS(=O)(=O)O)COC(=O)N1Cl. The second-order valence-electron chi connectivity index (χ2n) is 3.14. The van der Waals surface area contributed by atoms with Crippen molar-refractivity contribution in [3.8, 4) is 0 Å². The highest BCUT2D eigenvalue weighted by atomic mass is 35.5. The Morgan fingerprint density at radius 1 is 1.71 bits per heavy atom. The average Bonchev–Trinajstić information content (AvgIpc) is 2.31. The van der Waals surface area contributed by atoms with E-state index in [0.717, 1.165) is 0 Å². The van der Waals surface area contributed by atoms with Crippen molar-refractivity contribution >= 4 is 28.0 Å². The Morgan fingerprint density at radius 3 is 2.57 bits per heavy atom. The monoisotopic (exact) mass is 243 g/mol. The van der Waals surface area contributed by atoms with Gasteiger partial charge in [-0.15, -0.1) is 0 Å².